The summed E-state index contributed by atoms with van der Waals surface area (Å²) in [5.74, 6) is 10.4. The van der Waals surface area contributed by atoms with Crippen LogP contribution in [-0.2, 0) is 6.42 Å². The van der Waals surface area contributed by atoms with Crippen molar-refractivity contribution in [2.24, 2.45) is 17.8 Å². The SMILES string of the molecule is CCCc1ccc(C#Cc2ccc(C3CCC4CC(C)CCC4C3)cc2)cc1. The summed E-state index contributed by atoms with van der Waals surface area (Å²) in [6.07, 6.45) is 11.0. The fraction of sp³-hybridized carbons (Fsp3) is 0.500. The van der Waals surface area contributed by atoms with Gasteiger partial charge in [0.05, 0.1) is 0 Å². The zero-order valence-corrected chi connectivity index (χ0v) is 17.6. The topological polar surface area (TPSA) is 0 Å². The standard InChI is InChI=1S/C28H34/c1-3-4-22-6-8-23(9-7-22)10-11-24-12-15-25(16-13-24)27-18-17-26-19-21(2)5-14-28(26)20-27/h6-9,12-13,15-16,21,26-28H,3-5,14,17-20H2,1-2H3. The normalized spacial score (nSPS) is 26.8. The van der Waals surface area contributed by atoms with Crippen LogP contribution in [0.5, 0.6) is 0 Å². The van der Waals surface area contributed by atoms with Crippen molar-refractivity contribution in [1.29, 1.82) is 0 Å². The maximum absolute atomic E-state index is 3.34. The predicted octanol–water partition coefficient (Wildman–Crippen LogP) is 7.36. The van der Waals surface area contributed by atoms with Crippen molar-refractivity contribution < 1.29 is 0 Å². The van der Waals surface area contributed by atoms with Crippen LogP contribution in [0.4, 0.5) is 0 Å². The lowest BCUT2D eigenvalue weighted by molar-refractivity contribution is 0.124. The molecule has 2 aromatic rings. The molecule has 4 unspecified atom stereocenters. The molecule has 0 amide bonds. The van der Waals surface area contributed by atoms with Crippen LogP contribution in [0.1, 0.15) is 87.0 Å². The Hall–Kier alpha value is -2.00. The Bertz CT molecular complexity index is 815. The van der Waals surface area contributed by atoms with Gasteiger partial charge < -0.3 is 0 Å². The molecule has 146 valence electrons. The van der Waals surface area contributed by atoms with Gasteiger partial charge in [-0.3, -0.25) is 0 Å². The largest absolute Gasteiger partial charge is 0.0651 e. The summed E-state index contributed by atoms with van der Waals surface area (Å²) < 4.78 is 0. The lowest BCUT2D eigenvalue weighted by Crippen LogP contribution is -2.29. The molecule has 2 aliphatic carbocycles. The summed E-state index contributed by atoms with van der Waals surface area (Å²) in [5, 5.41) is 0. The van der Waals surface area contributed by atoms with E-state index in [1.165, 1.54) is 56.1 Å². The predicted molar refractivity (Wildman–Crippen MR) is 119 cm³/mol. The van der Waals surface area contributed by atoms with E-state index in [2.05, 4.69) is 74.2 Å². The summed E-state index contributed by atoms with van der Waals surface area (Å²) in [4.78, 5) is 0. The minimum absolute atomic E-state index is 0.766. The summed E-state index contributed by atoms with van der Waals surface area (Å²) >= 11 is 0. The van der Waals surface area contributed by atoms with Crippen LogP contribution in [0.3, 0.4) is 0 Å². The van der Waals surface area contributed by atoms with Crippen molar-refractivity contribution in [3.05, 3.63) is 70.8 Å². The molecule has 0 aromatic heterocycles. The third-order valence-electron chi connectivity index (χ3n) is 7.10. The molecule has 2 fully saturated rings. The number of rotatable bonds is 3. The van der Waals surface area contributed by atoms with Crippen LogP contribution in [0.2, 0.25) is 0 Å². The highest BCUT2D eigenvalue weighted by atomic mass is 14.4. The summed E-state index contributed by atoms with van der Waals surface area (Å²) in [7, 11) is 0. The van der Waals surface area contributed by atoms with Gasteiger partial charge in [-0.1, -0.05) is 62.8 Å². The van der Waals surface area contributed by atoms with Gasteiger partial charge in [0.1, 0.15) is 0 Å². The molecule has 0 saturated heterocycles. The minimum atomic E-state index is 0.766. The van der Waals surface area contributed by atoms with Crippen molar-refractivity contribution >= 4 is 0 Å². The third kappa shape index (κ3) is 4.70. The zero-order chi connectivity index (χ0) is 19.3. The van der Waals surface area contributed by atoms with Crippen molar-refractivity contribution in [2.45, 2.75) is 71.1 Å². The molecule has 4 atom stereocenters. The molecule has 0 nitrogen and oxygen atoms in total. The van der Waals surface area contributed by atoms with Gasteiger partial charge in [-0.15, -0.1) is 0 Å². The Kier molecular flexibility index (Phi) is 6.21. The van der Waals surface area contributed by atoms with Gasteiger partial charge >= 0.3 is 0 Å². The first-order valence-electron chi connectivity index (χ1n) is 11.4. The van der Waals surface area contributed by atoms with Crippen LogP contribution in [0, 0.1) is 29.6 Å². The Balaban J connectivity index is 1.38. The Morgan fingerprint density at radius 2 is 1.36 bits per heavy atom. The Labute approximate surface area is 171 Å². The van der Waals surface area contributed by atoms with Gasteiger partial charge in [0.15, 0.2) is 0 Å². The smallest absolute Gasteiger partial charge is 0.0249 e. The van der Waals surface area contributed by atoms with E-state index >= 15 is 0 Å². The van der Waals surface area contributed by atoms with E-state index in [0.717, 1.165) is 41.2 Å². The van der Waals surface area contributed by atoms with Crippen LogP contribution in [-0.4, -0.2) is 0 Å². The number of fused-ring (bicyclic) bond motifs is 1. The molecule has 2 saturated carbocycles. The van der Waals surface area contributed by atoms with E-state index in [1.807, 2.05) is 0 Å². The van der Waals surface area contributed by atoms with Gasteiger partial charge in [-0.25, -0.2) is 0 Å². The lowest BCUT2D eigenvalue weighted by Gasteiger charge is -2.41. The second-order valence-electron chi connectivity index (χ2n) is 9.27. The van der Waals surface area contributed by atoms with Gasteiger partial charge in [0.2, 0.25) is 0 Å². The van der Waals surface area contributed by atoms with E-state index in [9.17, 15) is 0 Å². The van der Waals surface area contributed by atoms with Gasteiger partial charge in [-0.2, -0.15) is 0 Å². The van der Waals surface area contributed by atoms with Crippen molar-refractivity contribution in [2.75, 3.05) is 0 Å². The van der Waals surface area contributed by atoms with Crippen molar-refractivity contribution in [3.63, 3.8) is 0 Å². The number of aryl methyl sites for hydroxylation is 1. The molecule has 0 aliphatic heterocycles. The molecule has 4 rings (SSSR count). The first-order valence-corrected chi connectivity index (χ1v) is 11.4. The van der Waals surface area contributed by atoms with E-state index in [4.69, 9.17) is 0 Å². The highest BCUT2D eigenvalue weighted by Crippen LogP contribution is 2.47. The van der Waals surface area contributed by atoms with Crippen molar-refractivity contribution in [3.8, 4) is 11.8 Å². The molecule has 0 radical (unpaired) electrons. The average molecular weight is 371 g/mol. The van der Waals surface area contributed by atoms with Crippen LogP contribution in [0.15, 0.2) is 48.5 Å². The molecular formula is C28H34. The molecule has 2 aromatic carbocycles. The Morgan fingerprint density at radius 3 is 2.04 bits per heavy atom. The number of hydrogen-bond acceptors (Lipinski definition) is 0. The lowest BCUT2D eigenvalue weighted by atomic mass is 9.64. The van der Waals surface area contributed by atoms with E-state index in [0.29, 0.717) is 0 Å². The molecule has 0 heteroatoms. The first-order chi connectivity index (χ1) is 13.7. The number of benzene rings is 2. The average Bonchev–Trinajstić information content (AvgIpc) is 2.73. The summed E-state index contributed by atoms with van der Waals surface area (Å²) in [5.41, 5.74) is 5.17. The van der Waals surface area contributed by atoms with Gasteiger partial charge in [0.25, 0.3) is 0 Å². The van der Waals surface area contributed by atoms with E-state index < -0.39 is 0 Å². The minimum Gasteiger partial charge on any atom is -0.0651 e. The fourth-order valence-corrected chi connectivity index (χ4v) is 5.45. The molecular weight excluding hydrogens is 336 g/mol. The van der Waals surface area contributed by atoms with Gasteiger partial charge in [-0.05, 0) is 97.6 Å². The highest BCUT2D eigenvalue weighted by Gasteiger charge is 2.34. The second kappa shape index (κ2) is 9.00. The fourth-order valence-electron chi connectivity index (χ4n) is 5.45. The number of hydrogen-bond donors (Lipinski definition) is 0. The maximum Gasteiger partial charge on any atom is 0.0249 e. The molecule has 0 bridgehead atoms. The summed E-state index contributed by atoms with van der Waals surface area (Å²) in [6.45, 7) is 4.67. The van der Waals surface area contributed by atoms with Crippen LogP contribution >= 0.6 is 0 Å². The molecule has 2 aliphatic rings. The monoisotopic (exact) mass is 370 g/mol. The Morgan fingerprint density at radius 1 is 0.750 bits per heavy atom. The maximum atomic E-state index is 3.34. The van der Waals surface area contributed by atoms with E-state index in [-0.39, 0.29) is 0 Å². The quantitative estimate of drug-likeness (QED) is 0.495. The molecule has 0 spiro atoms. The van der Waals surface area contributed by atoms with Crippen LogP contribution in [0.25, 0.3) is 0 Å². The highest BCUT2D eigenvalue weighted by molar-refractivity contribution is 5.44. The van der Waals surface area contributed by atoms with Crippen molar-refractivity contribution in [1.82, 2.24) is 0 Å². The third-order valence-corrected chi connectivity index (χ3v) is 7.10. The van der Waals surface area contributed by atoms with Crippen LogP contribution < -0.4 is 0 Å². The van der Waals surface area contributed by atoms with E-state index in [1.54, 1.807) is 0 Å². The molecule has 28 heavy (non-hydrogen) atoms. The molecule has 0 heterocycles. The van der Waals surface area contributed by atoms with Gasteiger partial charge in [0, 0.05) is 11.1 Å². The summed E-state index contributed by atoms with van der Waals surface area (Å²) in [6, 6.07) is 17.8. The molecule has 0 N–H and O–H groups in total. The first kappa shape index (κ1) is 19.3. The zero-order valence-electron chi connectivity index (χ0n) is 17.6. The second-order valence-corrected chi connectivity index (χ2v) is 9.27.